The SMILES string of the molecule is O=C(NCc1ccc(-c2cccs2)o1)c1ccccc1. The zero-order valence-corrected chi connectivity index (χ0v) is 11.5. The van der Waals surface area contributed by atoms with Crippen LogP contribution in [-0.2, 0) is 6.54 Å². The van der Waals surface area contributed by atoms with Crippen LogP contribution in [0.2, 0.25) is 0 Å². The van der Waals surface area contributed by atoms with E-state index in [1.165, 1.54) is 0 Å². The number of hydrogen-bond donors (Lipinski definition) is 1. The largest absolute Gasteiger partial charge is 0.458 e. The summed E-state index contributed by atoms with van der Waals surface area (Å²) >= 11 is 1.63. The Bertz CT molecular complexity index is 686. The summed E-state index contributed by atoms with van der Waals surface area (Å²) in [5.41, 5.74) is 0.650. The number of benzene rings is 1. The van der Waals surface area contributed by atoms with E-state index in [1.54, 1.807) is 23.5 Å². The standard InChI is InChI=1S/C16H13NO2S/c18-16(12-5-2-1-3-6-12)17-11-13-8-9-14(19-13)15-7-4-10-20-15/h1-10H,11H2,(H,17,18). The van der Waals surface area contributed by atoms with Gasteiger partial charge in [0.2, 0.25) is 0 Å². The molecule has 3 nitrogen and oxygen atoms in total. The van der Waals surface area contributed by atoms with E-state index in [2.05, 4.69) is 5.32 Å². The van der Waals surface area contributed by atoms with Crippen LogP contribution in [0.5, 0.6) is 0 Å². The molecule has 3 rings (SSSR count). The molecule has 0 fully saturated rings. The molecule has 0 aliphatic carbocycles. The summed E-state index contributed by atoms with van der Waals surface area (Å²) in [7, 11) is 0. The minimum Gasteiger partial charge on any atom is -0.458 e. The molecule has 1 amide bonds. The van der Waals surface area contributed by atoms with E-state index in [-0.39, 0.29) is 5.91 Å². The van der Waals surface area contributed by atoms with Crippen LogP contribution in [0, 0.1) is 0 Å². The molecular formula is C16H13NO2S. The molecule has 20 heavy (non-hydrogen) atoms. The van der Waals surface area contributed by atoms with Crippen molar-refractivity contribution in [3.8, 4) is 10.6 Å². The quantitative estimate of drug-likeness (QED) is 0.788. The van der Waals surface area contributed by atoms with Crippen molar-refractivity contribution in [2.45, 2.75) is 6.54 Å². The smallest absolute Gasteiger partial charge is 0.251 e. The van der Waals surface area contributed by atoms with E-state index in [0.29, 0.717) is 12.1 Å². The first-order valence-corrected chi connectivity index (χ1v) is 7.17. The van der Waals surface area contributed by atoms with Crippen LogP contribution in [-0.4, -0.2) is 5.91 Å². The highest BCUT2D eigenvalue weighted by Gasteiger charge is 2.08. The molecule has 100 valence electrons. The summed E-state index contributed by atoms with van der Waals surface area (Å²) in [5.74, 6) is 1.49. The Kier molecular flexibility index (Phi) is 3.65. The fourth-order valence-electron chi connectivity index (χ4n) is 1.88. The van der Waals surface area contributed by atoms with Gasteiger partial charge in [-0.3, -0.25) is 4.79 Å². The van der Waals surface area contributed by atoms with Gasteiger partial charge in [-0.15, -0.1) is 11.3 Å². The van der Waals surface area contributed by atoms with Gasteiger partial charge in [-0.05, 0) is 35.7 Å². The third-order valence-corrected chi connectivity index (χ3v) is 3.77. The van der Waals surface area contributed by atoms with E-state index in [0.717, 1.165) is 16.4 Å². The Morgan fingerprint density at radius 1 is 1.05 bits per heavy atom. The third kappa shape index (κ3) is 2.81. The maximum atomic E-state index is 11.9. The molecule has 4 heteroatoms. The topological polar surface area (TPSA) is 42.2 Å². The minimum atomic E-state index is -0.0975. The monoisotopic (exact) mass is 283 g/mol. The lowest BCUT2D eigenvalue weighted by Crippen LogP contribution is -2.22. The fraction of sp³-hybridized carbons (Fsp3) is 0.0625. The number of carbonyl (C=O) groups is 1. The Balaban J connectivity index is 1.63. The van der Waals surface area contributed by atoms with E-state index in [4.69, 9.17) is 4.42 Å². The van der Waals surface area contributed by atoms with Gasteiger partial charge in [0.25, 0.3) is 5.91 Å². The Labute approximate surface area is 120 Å². The Morgan fingerprint density at radius 2 is 1.90 bits per heavy atom. The van der Waals surface area contributed by atoms with Crippen molar-refractivity contribution in [1.82, 2.24) is 5.32 Å². The molecule has 3 aromatic rings. The number of nitrogens with one attached hydrogen (secondary N) is 1. The van der Waals surface area contributed by atoms with Crippen molar-refractivity contribution >= 4 is 17.2 Å². The number of furan rings is 1. The molecule has 0 bridgehead atoms. The predicted molar refractivity (Wildman–Crippen MR) is 79.6 cm³/mol. The van der Waals surface area contributed by atoms with Gasteiger partial charge in [0, 0.05) is 5.56 Å². The molecule has 0 saturated heterocycles. The summed E-state index contributed by atoms with van der Waals surface area (Å²) in [4.78, 5) is 13.0. The second-order valence-corrected chi connectivity index (χ2v) is 5.24. The van der Waals surface area contributed by atoms with Crippen LogP contribution in [0.25, 0.3) is 10.6 Å². The summed E-state index contributed by atoms with van der Waals surface area (Å²) in [5, 5.41) is 4.85. The second kappa shape index (κ2) is 5.75. The molecule has 0 unspecified atom stereocenters. The first-order valence-electron chi connectivity index (χ1n) is 6.29. The normalized spacial score (nSPS) is 10.4. The molecule has 0 aliphatic rings. The maximum Gasteiger partial charge on any atom is 0.251 e. The van der Waals surface area contributed by atoms with E-state index < -0.39 is 0 Å². The summed E-state index contributed by atoms with van der Waals surface area (Å²) in [6.45, 7) is 0.388. The average Bonchev–Trinajstić information content (AvgIpc) is 3.16. The van der Waals surface area contributed by atoms with Gasteiger partial charge >= 0.3 is 0 Å². The molecule has 0 atom stereocenters. The number of carbonyl (C=O) groups excluding carboxylic acids is 1. The van der Waals surface area contributed by atoms with Crippen molar-refractivity contribution in [3.05, 3.63) is 71.3 Å². The van der Waals surface area contributed by atoms with Crippen LogP contribution < -0.4 is 5.32 Å². The number of amides is 1. The molecule has 0 spiro atoms. The van der Waals surface area contributed by atoms with Gasteiger partial charge < -0.3 is 9.73 Å². The molecule has 2 aromatic heterocycles. The van der Waals surface area contributed by atoms with Gasteiger partial charge in [-0.1, -0.05) is 24.3 Å². The van der Waals surface area contributed by atoms with Gasteiger partial charge in [0.15, 0.2) is 0 Å². The zero-order valence-electron chi connectivity index (χ0n) is 10.7. The van der Waals surface area contributed by atoms with Gasteiger partial charge in [-0.2, -0.15) is 0 Å². The molecular weight excluding hydrogens is 270 g/mol. The minimum absolute atomic E-state index is 0.0975. The van der Waals surface area contributed by atoms with Crippen LogP contribution in [0.1, 0.15) is 16.1 Å². The molecule has 0 saturated carbocycles. The van der Waals surface area contributed by atoms with Crippen LogP contribution in [0.15, 0.2) is 64.4 Å². The van der Waals surface area contributed by atoms with Crippen LogP contribution in [0.4, 0.5) is 0 Å². The average molecular weight is 283 g/mol. The van der Waals surface area contributed by atoms with Gasteiger partial charge in [0.1, 0.15) is 11.5 Å². The summed E-state index contributed by atoms with van der Waals surface area (Å²) in [6, 6.07) is 17.0. The number of thiophene rings is 1. The molecule has 2 heterocycles. The predicted octanol–water partition coefficient (Wildman–Crippen LogP) is 3.94. The fourth-order valence-corrected chi connectivity index (χ4v) is 2.57. The highest BCUT2D eigenvalue weighted by molar-refractivity contribution is 7.13. The highest BCUT2D eigenvalue weighted by Crippen LogP contribution is 2.26. The van der Waals surface area contributed by atoms with Gasteiger partial charge in [-0.25, -0.2) is 0 Å². The zero-order chi connectivity index (χ0) is 13.8. The Morgan fingerprint density at radius 3 is 2.65 bits per heavy atom. The van der Waals surface area contributed by atoms with Crippen molar-refractivity contribution in [2.75, 3.05) is 0 Å². The number of rotatable bonds is 4. The van der Waals surface area contributed by atoms with E-state index in [9.17, 15) is 4.79 Å². The lowest BCUT2D eigenvalue weighted by Gasteiger charge is -2.02. The number of hydrogen-bond acceptors (Lipinski definition) is 3. The van der Waals surface area contributed by atoms with Crippen LogP contribution >= 0.6 is 11.3 Å². The summed E-state index contributed by atoms with van der Waals surface area (Å²) < 4.78 is 5.71. The first-order chi connectivity index (χ1) is 9.83. The third-order valence-electron chi connectivity index (χ3n) is 2.88. The lowest BCUT2D eigenvalue weighted by atomic mass is 10.2. The van der Waals surface area contributed by atoms with E-state index >= 15 is 0 Å². The van der Waals surface area contributed by atoms with Crippen LogP contribution in [0.3, 0.4) is 0 Å². The highest BCUT2D eigenvalue weighted by atomic mass is 32.1. The molecule has 0 radical (unpaired) electrons. The van der Waals surface area contributed by atoms with Crippen molar-refractivity contribution in [1.29, 1.82) is 0 Å². The maximum absolute atomic E-state index is 11.9. The molecule has 0 aliphatic heterocycles. The molecule has 1 N–H and O–H groups in total. The second-order valence-electron chi connectivity index (χ2n) is 4.29. The lowest BCUT2D eigenvalue weighted by molar-refractivity contribution is 0.0948. The Hall–Kier alpha value is -2.33. The summed E-state index contributed by atoms with van der Waals surface area (Å²) in [6.07, 6.45) is 0. The van der Waals surface area contributed by atoms with E-state index in [1.807, 2.05) is 47.8 Å². The molecule has 1 aromatic carbocycles. The van der Waals surface area contributed by atoms with Gasteiger partial charge in [0.05, 0.1) is 11.4 Å². The first kappa shape index (κ1) is 12.7. The van der Waals surface area contributed by atoms with Crippen molar-refractivity contribution < 1.29 is 9.21 Å². The van der Waals surface area contributed by atoms with Crippen molar-refractivity contribution in [3.63, 3.8) is 0 Å². The van der Waals surface area contributed by atoms with Crippen molar-refractivity contribution in [2.24, 2.45) is 0 Å².